The number of aromatic nitrogens is 3. The Balaban J connectivity index is 2.82. The van der Waals surface area contributed by atoms with Crippen LogP contribution in [-0.4, -0.2) is 21.9 Å². The SMILES string of the molecule is CNn1ncc2c(C)cc(C)nc21. The molecule has 0 radical (unpaired) electrons. The van der Waals surface area contributed by atoms with Crippen molar-refractivity contribution in [3.63, 3.8) is 0 Å². The lowest BCUT2D eigenvalue weighted by molar-refractivity contribution is 0.798. The van der Waals surface area contributed by atoms with Gasteiger partial charge in [-0.05, 0) is 25.5 Å². The summed E-state index contributed by atoms with van der Waals surface area (Å²) in [5.74, 6) is 0. The Morgan fingerprint density at radius 2 is 2.15 bits per heavy atom. The van der Waals surface area contributed by atoms with Gasteiger partial charge in [-0.3, -0.25) is 0 Å². The van der Waals surface area contributed by atoms with E-state index in [4.69, 9.17) is 0 Å². The summed E-state index contributed by atoms with van der Waals surface area (Å²) in [4.78, 5) is 6.08. The van der Waals surface area contributed by atoms with Gasteiger partial charge < -0.3 is 5.43 Å². The lowest BCUT2D eigenvalue weighted by Crippen LogP contribution is -2.10. The van der Waals surface area contributed by atoms with Crippen LogP contribution in [0.5, 0.6) is 0 Å². The highest BCUT2D eigenvalue weighted by atomic mass is 15.6. The van der Waals surface area contributed by atoms with E-state index in [0.29, 0.717) is 0 Å². The van der Waals surface area contributed by atoms with Gasteiger partial charge in [0, 0.05) is 18.1 Å². The first kappa shape index (κ1) is 8.04. The van der Waals surface area contributed by atoms with Crippen LogP contribution in [0.1, 0.15) is 11.3 Å². The van der Waals surface area contributed by atoms with Crippen LogP contribution in [0.2, 0.25) is 0 Å². The number of rotatable bonds is 1. The normalized spacial score (nSPS) is 10.7. The molecular weight excluding hydrogens is 164 g/mol. The topological polar surface area (TPSA) is 42.7 Å². The molecule has 68 valence electrons. The van der Waals surface area contributed by atoms with Crippen LogP contribution in [0.4, 0.5) is 0 Å². The molecule has 0 atom stereocenters. The second kappa shape index (κ2) is 2.73. The molecule has 4 nitrogen and oxygen atoms in total. The van der Waals surface area contributed by atoms with Crippen LogP contribution in [0.25, 0.3) is 11.0 Å². The van der Waals surface area contributed by atoms with Gasteiger partial charge in [0.15, 0.2) is 5.65 Å². The van der Waals surface area contributed by atoms with E-state index in [1.165, 1.54) is 5.56 Å². The summed E-state index contributed by atoms with van der Waals surface area (Å²) >= 11 is 0. The molecule has 0 aliphatic rings. The minimum Gasteiger partial charge on any atom is -0.311 e. The molecule has 0 spiro atoms. The maximum atomic E-state index is 4.41. The summed E-state index contributed by atoms with van der Waals surface area (Å²) in [5.41, 5.74) is 6.06. The molecule has 0 unspecified atom stereocenters. The fraction of sp³-hybridized carbons (Fsp3) is 0.333. The molecule has 0 saturated carbocycles. The van der Waals surface area contributed by atoms with Crippen LogP contribution in [0, 0.1) is 13.8 Å². The summed E-state index contributed by atoms with van der Waals surface area (Å²) < 4.78 is 0. The van der Waals surface area contributed by atoms with Gasteiger partial charge >= 0.3 is 0 Å². The van der Waals surface area contributed by atoms with E-state index in [0.717, 1.165) is 16.7 Å². The molecule has 2 aromatic heterocycles. The highest BCUT2D eigenvalue weighted by Crippen LogP contribution is 2.15. The molecule has 0 bridgehead atoms. The monoisotopic (exact) mass is 176 g/mol. The molecule has 0 aliphatic heterocycles. The molecule has 13 heavy (non-hydrogen) atoms. The van der Waals surface area contributed by atoms with Crippen molar-refractivity contribution in [1.82, 2.24) is 14.9 Å². The molecule has 4 heteroatoms. The largest absolute Gasteiger partial charge is 0.311 e. The van der Waals surface area contributed by atoms with Crippen molar-refractivity contribution in [1.29, 1.82) is 0 Å². The summed E-state index contributed by atoms with van der Waals surface area (Å²) in [6.45, 7) is 4.05. The average molecular weight is 176 g/mol. The van der Waals surface area contributed by atoms with Gasteiger partial charge in [-0.15, -0.1) is 0 Å². The number of hydrogen-bond donors (Lipinski definition) is 1. The third kappa shape index (κ3) is 1.14. The van der Waals surface area contributed by atoms with Gasteiger partial charge in [0.25, 0.3) is 0 Å². The lowest BCUT2D eigenvalue weighted by Gasteiger charge is -2.01. The Morgan fingerprint density at radius 3 is 2.85 bits per heavy atom. The zero-order chi connectivity index (χ0) is 9.42. The van der Waals surface area contributed by atoms with Crippen molar-refractivity contribution in [2.45, 2.75) is 13.8 Å². The standard InChI is InChI=1S/C9H12N4/c1-6-4-7(2)12-9-8(6)5-11-13(9)10-3/h4-5,10H,1-3H3. The fourth-order valence-electron chi connectivity index (χ4n) is 1.48. The number of aryl methyl sites for hydroxylation is 2. The maximum Gasteiger partial charge on any atom is 0.181 e. The Bertz CT molecular complexity index is 444. The van der Waals surface area contributed by atoms with Gasteiger partial charge in [0.2, 0.25) is 0 Å². The zero-order valence-electron chi connectivity index (χ0n) is 8.00. The van der Waals surface area contributed by atoms with Crippen LogP contribution >= 0.6 is 0 Å². The zero-order valence-corrected chi connectivity index (χ0v) is 8.00. The molecule has 0 fully saturated rings. The molecule has 1 N–H and O–H groups in total. The third-order valence-corrected chi connectivity index (χ3v) is 2.09. The highest BCUT2D eigenvalue weighted by molar-refractivity contribution is 5.78. The van der Waals surface area contributed by atoms with Gasteiger partial charge in [0.1, 0.15) is 0 Å². The average Bonchev–Trinajstić information content (AvgIpc) is 2.47. The predicted molar refractivity (Wildman–Crippen MR) is 52.3 cm³/mol. The third-order valence-electron chi connectivity index (χ3n) is 2.09. The highest BCUT2D eigenvalue weighted by Gasteiger charge is 2.05. The van der Waals surface area contributed by atoms with Crippen molar-refractivity contribution in [2.75, 3.05) is 12.5 Å². The Kier molecular flexibility index (Phi) is 1.69. The van der Waals surface area contributed by atoms with Crippen molar-refractivity contribution in [3.05, 3.63) is 23.5 Å². The quantitative estimate of drug-likeness (QED) is 0.710. The Hall–Kier alpha value is -1.58. The van der Waals surface area contributed by atoms with Crippen molar-refractivity contribution in [3.8, 4) is 0 Å². The predicted octanol–water partition coefficient (Wildman–Crippen LogP) is 1.22. The van der Waals surface area contributed by atoms with E-state index >= 15 is 0 Å². The van der Waals surface area contributed by atoms with E-state index in [2.05, 4.69) is 28.5 Å². The first-order chi connectivity index (χ1) is 6.22. The molecular formula is C9H12N4. The molecule has 2 rings (SSSR count). The number of nitrogens with one attached hydrogen (secondary N) is 1. The van der Waals surface area contributed by atoms with E-state index in [1.54, 1.807) is 4.79 Å². The number of hydrogen-bond acceptors (Lipinski definition) is 3. The van der Waals surface area contributed by atoms with Crippen LogP contribution < -0.4 is 5.43 Å². The van der Waals surface area contributed by atoms with Crippen LogP contribution in [0.15, 0.2) is 12.3 Å². The molecule has 0 saturated heterocycles. The molecule has 0 aliphatic carbocycles. The van der Waals surface area contributed by atoms with Crippen LogP contribution in [-0.2, 0) is 0 Å². The van der Waals surface area contributed by atoms with Gasteiger partial charge in [-0.25, -0.2) is 4.98 Å². The van der Waals surface area contributed by atoms with Gasteiger partial charge in [0.05, 0.1) is 6.20 Å². The summed E-state index contributed by atoms with van der Waals surface area (Å²) in [6, 6.07) is 2.06. The second-order valence-electron chi connectivity index (χ2n) is 3.10. The van der Waals surface area contributed by atoms with E-state index in [9.17, 15) is 0 Å². The summed E-state index contributed by atoms with van der Waals surface area (Å²) in [6.07, 6.45) is 1.83. The van der Waals surface area contributed by atoms with Crippen LogP contribution in [0.3, 0.4) is 0 Å². The minimum atomic E-state index is 0.889. The molecule has 0 aromatic carbocycles. The fourth-order valence-corrected chi connectivity index (χ4v) is 1.48. The Labute approximate surface area is 76.6 Å². The lowest BCUT2D eigenvalue weighted by atomic mass is 10.2. The van der Waals surface area contributed by atoms with Gasteiger partial charge in [-0.1, -0.05) is 0 Å². The number of fused-ring (bicyclic) bond motifs is 1. The summed E-state index contributed by atoms with van der Waals surface area (Å²) in [7, 11) is 1.83. The first-order valence-corrected chi connectivity index (χ1v) is 4.22. The van der Waals surface area contributed by atoms with Crippen molar-refractivity contribution < 1.29 is 0 Å². The summed E-state index contributed by atoms with van der Waals surface area (Å²) in [5, 5.41) is 5.26. The smallest absolute Gasteiger partial charge is 0.181 e. The minimum absolute atomic E-state index is 0.889. The maximum absolute atomic E-state index is 4.41. The molecule has 0 amide bonds. The van der Waals surface area contributed by atoms with E-state index in [1.807, 2.05) is 20.2 Å². The van der Waals surface area contributed by atoms with Gasteiger partial charge in [-0.2, -0.15) is 9.89 Å². The van der Waals surface area contributed by atoms with E-state index < -0.39 is 0 Å². The molecule has 2 aromatic rings. The van der Waals surface area contributed by atoms with Crippen molar-refractivity contribution in [2.24, 2.45) is 0 Å². The second-order valence-corrected chi connectivity index (χ2v) is 3.10. The molecule has 2 heterocycles. The van der Waals surface area contributed by atoms with E-state index in [-0.39, 0.29) is 0 Å². The number of pyridine rings is 1. The Morgan fingerprint density at radius 1 is 1.38 bits per heavy atom. The van der Waals surface area contributed by atoms with Crippen molar-refractivity contribution >= 4 is 11.0 Å². The number of nitrogens with zero attached hydrogens (tertiary/aromatic N) is 3. The first-order valence-electron chi connectivity index (χ1n) is 4.22.